The van der Waals surface area contributed by atoms with Crippen LogP contribution in [0.5, 0.6) is 0 Å². The fraction of sp³-hybridized carbons (Fsp3) is 0.520. The van der Waals surface area contributed by atoms with Crippen LogP contribution in [0.3, 0.4) is 0 Å². The minimum absolute atomic E-state index is 0.140. The Morgan fingerprint density at radius 2 is 1.09 bits per heavy atom. The Bertz CT molecular complexity index is 1200. The minimum atomic E-state index is -3.72. The van der Waals surface area contributed by atoms with Crippen LogP contribution in [0.25, 0.3) is 0 Å². The molecule has 2 aromatic carbocycles. The lowest BCUT2D eigenvalue weighted by Gasteiger charge is -2.34. The molecule has 0 N–H and O–H groups in total. The third-order valence-corrected chi connectivity index (χ3v) is 11.2. The van der Waals surface area contributed by atoms with Crippen molar-refractivity contribution in [2.45, 2.75) is 70.6 Å². The largest absolute Gasteiger partial charge is 0.243 e. The first-order chi connectivity index (χ1) is 15.4. The van der Waals surface area contributed by atoms with Gasteiger partial charge >= 0.3 is 0 Å². The number of nitrogens with zero attached hydrogens (tertiary/aromatic N) is 2. The molecule has 0 bridgehead atoms. The van der Waals surface area contributed by atoms with Crippen LogP contribution in [0.15, 0.2) is 34.1 Å². The maximum atomic E-state index is 13.6. The normalized spacial score (nSPS) is 16.3. The minimum Gasteiger partial charge on any atom is -0.207 e. The fourth-order valence-electron chi connectivity index (χ4n) is 4.49. The Morgan fingerprint density at radius 3 is 1.55 bits per heavy atom. The quantitative estimate of drug-likeness (QED) is 0.579. The lowest BCUT2D eigenvalue weighted by molar-refractivity contribution is 0.272. The molecule has 33 heavy (non-hydrogen) atoms. The highest BCUT2D eigenvalue weighted by Gasteiger charge is 2.35. The maximum absolute atomic E-state index is 13.6. The molecule has 182 valence electrons. The molecule has 8 heteroatoms. The van der Waals surface area contributed by atoms with Crippen molar-refractivity contribution in [3.63, 3.8) is 0 Å². The molecule has 6 nitrogen and oxygen atoms in total. The van der Waals surface area contributed by atoms with Crippen LogP contribution < -0.4 is 0 Å². The number of unbranched alkanes of at least 4 members (excludes halogenated alkanes) is 1. The number of piperazine rings is 1. The van der Waals surface area contributed by atoms with Gasteiger partial charge in [-0.1, -0.05) is 25.5 Å². The molecule has 1 aliphatic heterocycles. The number of hydrogen-bond donors (Lipinski definition) is 0. The highest BCUT2D eigenvalue weighted by Crippen LogP contribution is 2.32. The van der Waals surface area contributed by atoms with Crippen LogP contribution in [0, 0.1) is 34.6 Å². The van der Waals surface area contributed by atoms with Crippen molar-refractivity contribution in [3.8, 4) is 0 Å². The van der Waals surface area contributed by atoms with Gasteiger partial charge in [0.1, 0.15) is 0 Å². The van der Waals surface area contributed by atoms with Gasteiger partial charge in [0.05, 0.1) is 9.79 Å². The molecular formula is C25H36N2O4S2. The molecule has 0 saturated carbocycles. The summed E-state index contributed by atoms with van der Waals surface area (Å²) in [4.78, 5) is 0.623. The van der Waals surface area contributed by atoms with E-state index in [-0.39, 0.29) is 31.1 Å². The van der Waals surface area contributed by atoms with E-state index < -0.39 is 20.0 Å². The molecule has 0 radical (unpaired) electrons. The Kier molecular flexibility index (Phi) is 7.73. The lowest BCUT2D eigenvalue weighted by Crippen LogP contribution is -2.50. The lowest BCUT2D eigenvalue weighted by atomic mass is 9.95. The molecular weight excluding hydrogens is 456 g/mol. The van der Waals surface area contributed by atoms with Crippen LogP contribution in [0.2, 0.25) is 0 Å². The van der Waals surface area contributed by atoms with Crippen molar-refractivity contribution in [2.75, 3.05) is 26.2 Å². The molecule has 1 fully saturated rings. The second kappa shape index (κ2) is 9.86. The Morgan fingerprint density at radius 1 is 0.667 bits per heavy atom. The zero-order valence-electron chi connectivity index (χ0n) is 20.6. The summed E-state index contributed by atoms with van der Waals surface area (Å²) < 4.78 is 56.2. The average Bonchev–Trinajstić information content (AvgIpc) is 2.80. The molecule has 0 unspecified atom stereocenters. The maximum Gasteiger partial charge on any atom is 0.243 e. The summed E-state index contributed by atoms with van der Waals surface area (Å²) >= 11 is 0. The zero-order chi connectivity index (χ0) is 24.6. The van der Waals surface area contributed by atoms with E-state index >= 15 is 0 Å². The monoisotopic (exact) mass is 492 g/mol. The Hall–Kier alpha value is -1.74. The van der Waals surface area contributed by atoms with E-state index in [0.717, 1.165) is 52.6 Å². The predicted molar refractivity (Wildman–Crippen MR) is 133 cm³/mol. The summed E-state index contributed by atoms with van der Waals surface area (Å²) in [5.74, 6) is 0. The van der Waals surface area contributed by atoms with Gasteiger partial charge in [-0.2, -0.15) is 8.61 Å². The fourth-order valence-corrected chi connectivity index (χ4v) is 7.89. The SMILES string of the molecule is CCCCc1ccc(S(=O)(=O)N2CCN(S(=O)(=O)c3c(C)c(C)c(C)c(C)c3C)CC2)cc1. The van der Waals surface area contributed by atoms with Gasteiger partial charge in [-0.15, -0.1) is 0 Å². The van der Waals surface area contributed by atoms with E-state index in [0.29, 0.717) is 4.90 Å². The van der Waals surface area contributed by atoms with Crippen molar-refractivity contribution >= 4 is 20.0 Å². The van der Waals surface area contributed by atoms with Crippen LogP contribution >= 0.6 is 0 Å². The summed E-state index contributed by atoms with van der Waals surface area (Å²) in [6.45, 7) is 12.3. The molecule has 2 aromatic rings. The Balaban J connectivity index is 1.79. The molecule has 1 saturated heterocycles. The van der Waals surface area contributed by atoms with Gasteiger partial charge in [0, 0.05) is 26.2 Å². The topological polar surface area (TPSA) is 74.8 Å². The van der Waals surface area contributed by atoms with Crippen LogP contribution in [-0.2, 0) is 26.5 Å². The summed E-state index contributed by atoms with van der Waals surface area (Å²) in [5.41, 5.74) is 5.75. The number of benzene rings is 2. The van der Waals surface area contributed by atoms with Crippen molar-refractivity contribution in [1.82, 2.24) is 8.61 Å². The van der Waals surface area contributed by atoms with E-state index in [1.807, 2.05) is 46.8 Å². The third kappa shape index (κ3) is 4.90. The zero-order valence-corrected chi connectivity index (χ0v) is 22.2. The van der Waals surface area contributed by atoms with Crippen molar-refractivity contribution in [3.05, 3.63) is 57.6 Å². The highest BCUT2D eigenvalue weighted by molar-refractivity contribution is 7.89. The van der Waals surface area contributed by atoms with Gasteiger partial charge in [-0.05, 0) is 93.0 Å². The first-order valence-electron chi connectivity index (χ1n) is 11.6. The number of aryl methyl sites for hydroxylation is 1. The standard InChI is InChI=1S/C25H36N2O4S2/c1-7-8-9-23-10-12-24(13-11-23)32(28,29)26-14-16-27(17-15-26)33(30,31)25-21(5)19(3)18(2)20(4)22(25)6/h10-13H,7-9,14-17H2,1-6H3. The van der Waals surface area contributed by atoms with Crippen LogP contribution in [0.4, 0.5) is 0 Å². The molecule has 0 spiro atoms. The smallest absolute Gasteiger partial charge is 0.207 e. The molecule has 0 aliphatic carbocycles. The van der Waals surface area contributed by atoms with E-state index in [1.165, 1.54) is 8.61 Å². The van der Waals surface area contributed by atoms with Gasteiger partial charge in [-0.25, -0.2) is 16.8 Å². The summed E-state index contributed by atoms with van der Waals surface area (Å²) in [7, 11) is -7.38. The van der Waals surface area contributed by atoms with Gasteiger partial charge in [-0.3, -0.25) is 0 Å². The van der Waals surface area contributed by atoms with Crippen LogP contribution in [-0.4, -0.2) is 51.6 Å². The van der Waals surface area contributed by atoms with Gasteiger partial charge in [0.25, 0.3) is 0 Å². The Labute approximate surface area is 199 Å². The van der Waals surface area contributed by atoms with Crippen molar-refractivity contribution in [2.24, 2.45) is 0 Å². The van der Waals surface area contributed by atoms with E-state index in [1.54, 1.807) is 12.1 Å². The number of sulfonamides is 2. The molecule has 1 heterocycles. The van der Waals surface area contributed by atoms with Crippen LogP contribution in [0.1, 0.15) is 53.1 Å². The van der Waals surface area contributed by atoms with Gasteiger partial charge in [0.2, 0.25) is 20.0 Å². The van der Waals surface area contributed by atoms with Crippen molar-refractivity contribution < 1.29 is 16.8 Å². The highest BCUT2D eigenvalue weighted by atomic mass is 32.2. The molecule has 3 rings (SSSR count). The van der Waals surface area contributed by atoms with E-state index in [9.17, 15) is 16.8 Å². The number of rotatable bonds is 7. The number of hydrogen-bond acceptors (Lipinski definition) is 4. The molecule has 0 atom stereocenters. The van der Waals surface area contributed by atoms with Gasteiger partial charge in [0.15, 0.2) is 0 Å². The van der Waals surface area contributed by atoms with E-state index in [2.05, 4.69) is 6.92 Å². The first-order valence-corrected chi connectivity index (χ1v) is 14.5. The first kappa shape index (κ1) is 25.9. The predicted octanol–water partition coefficient (Wildman–Crippen LogP) is 4.27. The molecule has 1 aliphatic rings. The third-order valence-electron chi connectivity index (χ3n) is 7.11. The molecule has 0 aromatic heterocycles. The second-order valence-corrected chi connectivity index (χ2v) is 12.8. The van der Waals surface area contributed by atoms with Gasteiger partial charge < -0.3 is 0 Å². The summed E-state index contributed by atoms with van der Waals surface area (Å²) in [5, 5.41) is 0. The van der Waals surface area contributed by atoms with E-state index in [4.69, 9.17) is 0 Å². The van der Waals surface area contributed by atoms with Crippen molar-refractivity contribution in [1.29, 1.82) is 0 Å². The summed E-state index contributed by atoms with van der Waals surface area (Å²) in [6, 6.07) is 7.07. The average molecular weight is 493 g/mol. The molecule has 0 amide bonds. The second-order valence-electron chi connectivity index (χ2n) is 9.01. The summed E-state index contributed by atoms with van der Waals surface area (Å²) in [6.07, 6.45) is 3.10.